The van der Waals surface area contributed by atoms with Crippen LogP contribution in [0.4, 0.5) is 0 Å². The molecule has 15 heavy (non-hydrogen) atoms. The third-order valence-corrected chi connectivity index (χ3v) is 3.35. The molecule has 0 saturated heterocycles. The Balaban J connectivity index is 2.83. The first-order chi connectivity index (χ1) is 7.24. The SMILES string of the molecule is C=CCSC1=C(C#N)CCN1C(N)C=C. The van der Waals surface area contributed by atoms with Gasteiger partial charge in [-0.15, -0.1) is 18.3 Å². The maximum absolute atomic E-state index is 8.97. The van der Waals surface area contributed by atoms with Gasteiger partial charge in [0.2, 0.25) is 0 Å². The van der Waals surface area contributed by atoms with Crippen molar-refractivity contribution in [2.24, 2.45) is 5.73 Å². The molecule has 0 amide bonds. The zero-order valence-corrected chi connectivity index (χ0v) is 9.46. The average Bonchev–Trinajstić information content (AvgIpc) is 2.67. The van der Waals surface area contributed by atoms with E-state index in [4.69, 9.17) is 11.0 Å². The molecule has 0 aromatic heterocycles. The number of nitriles is 1. The summed E-state index contributed by atoms with van der Waals surface area (Å²) in [4.78, 5) is 2.01. The minimum Gasteiger partial charge on any atom is -0.346 e. The third kappa shape index (κ3) is 2.65. The largest absolute Gasteiger partial charge is 0.346 e. The molecule has 0 spiro atoms. The van der Waals surface area contributed by atoms with Crippen LogP contribution in [0.1, 0.15) is 6.42 Å². The van der Waals surface area contributed by atoms with Gasteiger partial charge in [0.15, 0.2) is 0 Å². The third-order valence-electron chi connectivity index (χ3n) is 2.20. The van der Waals surface area contributed by atoms with Crippen LogP contribution >= 0.6 is 11.8 Å². The minimum atomic E-state index is -0.205. The molecule has 0 aliphatic carbocycles. The molecule has 0 bridgehead atoms. The van der Waals surface area contributed by atoms with E-state index in [9.17, 15) is 0 Å². The van der Waals surface area contributed by atoms with Crippen LogP contribution in [-0.4, -0.2) is 23.4 Å². The second kappa shape index (κ2) is 5.64. The lowest BCUT2D eigenvalue weighted by atomic mass is 10.3. The number of hydrogen-bond donors (Lipinski definition) is 1. The molecular weight excluding hydrogens is 206 g/mol. The van der Waals surface area contributed by atoms with Crippen molar-refractivity contribution in [1.29, 1.82) is 5.26 Å². The molecule has 1 rings (SSSR count). The van der Waals surface area contributed by atoms with E-state index in [0.29, 0.717) is 0 Å². The molecule has 3 nitrogen and oxygen atoms in total. The lowest BCUT2D eigenvalue weighted by Crippen LogP contribution is -2.37. The predicted molar refractivity (Wildman–Crippen MR) is 64.8 cm³/mol. The Kier molecular flexibility index (Phi) is 4.47. The molecule has 80 valence electrons. The summed E-state index contributed by atoms with van der Waals surface area (Å²) in [6.07, 6.45) is 4.08. The van der Waals surface area contributed by atoms with Crippen LogP contribution in [0.15, 0.2) is 35.9 Å². The molecule has 0 saturated carbocycles. The standard InChI is InChI=1S/C11H15N3S/c1-3-7-15-11-9(8-12)5-6-14(11)10(13)4-2/h3-4,10H,1-2,5-7,13H2. The molecule has 2 N–H and O–H groups in total. The Morgan fingerprint density at radius 3 is 2.93 bits per heavy atom. The lowest BCUT2D eigenvalue weighted by Gasteiger charge is -2.25. The summed E-state index contributed by atoms with van der Waals surface area (Å²) in [5.74, 6) is 0.793. The van der Waals surface area contributed by atoms with Crippen LogP contribution in [0.5, 0.6) is 0 Å². The molecule has 4 heteroatoms. The van der Waals surface area contributed by atoms with Gasteiger partial charge in [0.1, 0.15) is 0 Å². The normalized spacial score (nSPS) is 17.5. The molecule has 0 radical (unpaired) electrons. The Bertz CT molecular complexity index is 327. The highest BCUT2D eigenvalue weighted by molar-refractivity contribution is 8.03. The monoisotopic (exact) mass is 221 g/mol. The van der Waals surface area contributed by atoms with E-state index in [1.54, 1.807) is 17.8 Å². The molecule has 1 heterocycles. The fourth-order valence-corrected chi connectivity index (χ4v) is 2.41. The highest BCUT2D eigenvalue weighted by atomic mass is 32.2. The topological polar surface area (TPSA) is 53.0 Å². The Morgan fingerprint density at radius 2 is 2.40 bits per heavy atom. The second-order valence-electron chi connectivity index (χ2n) is 3.16. The molecule has 1 aliphatic heterocycles. The van der Waals surface area contributed by atoms with Crippen molar-refractivity contribution in [2.75, 3.05) is 12.3 Å². The summed E-state index contributed by atoms with van der Waals surface area (Å²) in [5, 5.41) is 9.94. The van der Waals surface area contributed by atoms with Crippen molar-refractivity contribution < 1.29 is 0 Å². The van der Waals surface area contributed by atoms with Gasteiger partial charge < -0.3 is 10.6 Å². The first kappa shape index (κ1) is 11.9. The van der Waals surface area contributed by atoms with Gasteiger partial charge in [-0.2, -0.15) is 5.26 Å². The van der Waals surface area contributed by atoms with E-state index < -0.39 is 0 Å². The van der Waals surface area contributed by atoms with E-state index in [2.05, 4.69) is 19.2 Å². The highest BCUT2D eigenvalue weighted by Crippen LogP contribution is 2.32. The Morgan fingerprint density at radius 1 is 1.67 bits per heavy atom. The van der Waals surface area contributed by atoms with Gasteiger partial charge >= 0.3 is 0 Å². The summed E-state index contributed by atoms with van der Waals surface area (Å²) in [5.41, 5.74) is 6.70. The number of rotatable bonds is 5. The van der Waals surface area contributed by atoms with Crippen molar-refractivity contribution in [1.82, 2.24) is 4.90 Å². The van der Waals surface area contributed by atoms with Crippen LogP contribution in [0.3, 0.4) is 0 Å². The predicted octanol–water partition coefficient (Wildman–Crippen LogP) is 1.82. The van der Waals surface area contributed by atoms with Crippen molar-refractivity contribution in [3.63, 3.8) is 0 Å². The number of hydrogen-bond acceptors (Lipinski definition) is 4. The molecule has 1 unspecified atom stereocenters. The quantitative estimate of drug-likeness (QED) is 0.719. The molecule has 1 atom stereocenters. The van der Waals surface area contributed by atoms with Crippen molar-refractivity contribution in [3.8, 4) is 6.07 Å². The van der Waals surface area contributed by atoms with E-state index >= 15 is 0 Å². The summed E-state index contributed by atoms with van der Waals surface area (Å²) in [6.45, 7) is 8.14. The summed E-state index contributed by atoms with van der Waals surface area (Å²) in [6, 6.07) is 2.22. The highest BCUT2D eigenvalue weighted by Gasteiger charge is 2.25. The lowest BCUT2D eigenvalue weighted by molar-refractivity contribution is 0.344. The Hall–Kier alpha value is -1.18. The molecule has 1 aliphatic rings. The van der Waals surface area contributed by atoms with E-state index in [1.807, 2.05) is 11.0 Å². The van der Waals surface area contributed by atoms with Crippen LogP contribution in [0.2, 0.25) is 0 Å². The van der Waals surface area contributed by atoms with Gasteiger partial charge in [0.25, 0.3) is 0 Å². The second-order valence-corrected chi connectivity index (χ2v) is 4.17. The fourth-order valence-electron chi connectivity index (χ4n) is 1.44. The van der Waals surface area contributed by atoms with Crippen LogP contribution < -0.4 is 5.73 Å². The molecule has 0 aromatic rings. The van der Waals surface area contributed by atoms with Gasteiger partial charge in [0, 0.05) is 18.7 Å². The van der Waals surface area contributed by atoms with Crippen molar-refractivity contribution in [2.45, 2.75) is 12.6 Å². The maximum Gasteiger partial charge on any atom is 0.0975 e. The Labute approximate surface area is 94.9 Å². The first-order valence-electron chi connectivity index (χ1n) is 4.76. The number of nitrogens with zero attached hydrogens (tertiary/aromatic N) is 2. The average molecular weight is 221 g/mol. The van der Waals surface area contributed by atoms with E-state index in [1.165, 1.54) is 0 Å². The van der Waals surface area contributed by atoms with E-state index in [-0.39, 0.29) is 6.17 Å². The van der Waals surface area contributed by atoms with Crippen molar-refractivity contribution in [3.05, 3.63) is 35.9 Å². The van der Waals surface area contributed by atoms with Crippen LogP contribution in [-0.2, 0) is 0 Å². The minimum absolute atomic E-state index is 0.205. The maximum atomic E-state index is 8.97. The molecular formula is C11H15N3S. The fraction of sp³-hybridized carbons (Fsp3) is 0.364. The summed E-state index contributed by atoms with van der Waals surface area (Å²) < 4.78 is 0. The van der Waals surface area contributed by atoms with E-state index in [0.717, 1.165) is 29.3 Å². The van der Waals surface area contributed by atoms with Gasteiger partial charge in [-0.1, -0.05) is 18.7 Å². The van der Waals surface area contributed by atoms with Crippen LogP contribution in [0.25, 0.3) is 0 Å². The van der Waals surface area contributed by atoms with Crippen LogP contribution in [0, 0.1) is 11.3 Å². The van der Waals surface area contributed by atoms with Gasteiger partial charge in [0.05, 0.1) is 22.8 Å². The van der Waals surface area contributed by atoms with Gasteiger partial charge in [-0.3, -0.25) is 0 Å². The van der Waals surface area contributed by atoms with Gasteiger partial charge in [-0.05, 0) is 0 Å². The van der Waals surface area contributed by atoms with Crippen molar-refractivity contribution >= 4 is 11.8 Å². The molecule has 0 fully saturated rings. The molecule has 0 aromatic carbocycles. The number of thioether (sulfide) groups is 1. The van der Waals surface area contributed by atoms with Gasteiger partial charge in [-0.25, -0.2) is 0 Å². The zero-order chi connectivity index (χ0) is 11.3. The first-order valence-corrected chi connectivity index (χ1v) is 5.75. The zero-order valence-electron chi connectivity index (χ0n) is 8.65. The number of nitrogens with two attached hydrogens (primary N) is 1. The summed E-state index contributed by atoms with van der Waals surface area (Å²) >= 11 is 1.61. The summed E-state index contributed by atoms with van der Waals surface area (Å²) in [7, 11) is 0. The smallest absolute Gasteiger partial charge is 0.0975 e.